The van der Waals surface area contributed by atoms with Gasteiger partial charge < -0.3 is 14.6 Å². The van der Waals surface area contributed by atoms with Crippen LogP contribution in [0, 0.1) is 0 Å². The van der Waals surface area contributed by atoms with Gasteiger partial charge in [-0.25, -0.2) is 0 Å². The molecule has 0 aliphatic carbocycles. The van der Waals surface area contributed by atoms with Crippen molar-refractivity contribution >= 4 is 23.1 Å². The van der Waals surface area contributed by atoms with E-state index in [0.717, 1.165) is 22.4 Å². The first-order valence-corrected chi connectivity index (χ1v) is 13.6. The zero-order valence-corrected chi connectivity index (χ0v) is 24.7. The molecule has 210 valence electrons. The number of ether oxygens (including phenoxy) is 2. The van der Waals surface area contributed by atoms with E-state index in [0.29, 0.717) is 23.6 Å². The van der Waals surface area contributed by atoms with Gasteiger partial charge >= 0.3 is 0 Å². The molecule has 1 amide bonds. The quantitative estimate of drug-likeness (QED) is 0.201. The highest BCUT2D eigenvalue weighted by atomic mass is 16.5. The number of hydrogen-bond acceptors (Lipinski definition) is 5. The fourth-order valence-corrected chi connectivity index (χ4v) is 5.04. The number of aliphatic hydroxyl groups excluding tert-OH is 1. The molecule has 1 saturated heterocycles. The fourth-order valence-electron chi connectivity index (χ4n) is 5.04. The van der Waals surface area contributed by atoms with Crippen LogP contribution in [0.15, 0.2) is 72.3 Å². The largest absolute Gasteiger partial charge is 0.507 e. The van der Waals surface area contributed by atoms with Crippen LogP contribution in [0.4, 0.5) is 5.69 Å². The molecule has 1 aliphatic heterocycles. The van der Waals surface area contributed by atoms with Crippen molar-refractivity contribution in [1.82, 2.24) is 0 Å². The molecule has 0 saturated carbocycles. The molecule has 0 spiro atoms. The Morgan fingerprint density at radius 3 is 2.15 bits per heavy atom. The molecule has 0 radical (unpaired) electrons. The van der Waals surface area contributed by atoms with E-state index < -0.39 is 17.7 Å². The SMILES string of the molecule is CCOc1ccc(/C(O)=C2/C(=O)C(=O)N(c3cccc(OC)c3)C2c2ccc(C(C)(C)C)cc2)cc1C(C)(C)C. The average molecular weight is 542 g/mol. The Kier molecular flexibility index (Phi) is 7.84. The summed E-state index contributed by atoms with van der Waals surface area (Å²) in [6, 6.07) is 19.5. The molecule has 1 atom stereocenters. The number of carbonyl (C=O) groups excluding carboxylic acids is 2. The number of carbonyl (C=O) groups is 2. The number of benzene rings is 3. The first-order chi connectivity index (χ1) is 18.8. The van der Waals surface area contributed by atoms with E-state index in [1.54, 1.807) is 37.4 Å². The molecule has 4 rings (SSSR count). The summed E-state index contributed by atoms with van der Waals surface area (Å²) in [5.41, 5.74) is 3.39. The number of methoxy groups -OCH3 is 1. The van der Waals surface area contributed by atoms with E-state index in [9.17, 15) is 14.7 Å². The summed E-state index contributed by atoms with van der Waals surface area (Å²) in [4.78, 5) is 28.7. The summed E-state index contributed by atoms with van der Waals surface area (Å²) < 4.78 is 11.2. The maximum absolute atomic E-state index is 13.7. The first kappa shape index (κ1) is 28.9. The highest BCUT2D eigenvalue weighted by molar-refractivity contribution is 6.51. The van der Waals surface area contributed by atoms with E-state index in [-0.39, 0.29) is 22.2 Å². The van der Waals surface area contributed by atoms with Gasteiger partial charge in [0.2, 0.25) is 0 Å². The van der Waals surface area contributed by atoms with Crippen molar-refractivity contribution in [3.63, 3.8) is 0 Å². The molecule has 40 heavy (non-hydrogen) atoms. The molecule has 3 aromatic carbocycles. The monoisotopic (exact) mass is 541 g/mol. The minimum absolute atomic E-state index is 0.0420. The van der Waals surface area contributed by atoms with Gasteiger partial charge in [0.05, 0.1) is 25.3 Å². The smallest absolute Gasteiger partial charge is 0.300 e. The number of anilines is 1. The van der Waals surface area contributed by atoms with Crippen molar-refractivity contribution < 1.29 is 24.2 Å². The molecular formula is C34H39NO5. The Balaban J connectivity index is 1.95. The van der Waals surface area contributed by atoms with Gasteiger partial charge in [-0.15, -0.1) is 0 Å². The Labute approximate surface area is 237 Å². The maximum atomic E-state index is 13.7. The van der Waals surface area contributed by atoms with E-state index in [1.165, 1.54) is 4.90 Å². The van der Waals surface area contributed by atoms with Gasteiger partial charge in [-0.2, -0.15) is 0 Å². The summed E-state index contributed by atoms with van der Waals surface area (Å²) in [7, 11) is 1.55. The Morgan fingerprint density at radius 1 is 0.900 bits per heavy atom. The predicted molar refractivity (Wildman–Crippen MR) is 159 cm³/mol. The standard InChI is InChI=1S/C34H39NO5/c1-9-40-27-18-15-22(19-26(27)34(5,6)7)30(36)28-29(21-13-16-23(17-14-21)33(2,3)4)35(32(38)31(28)37)24-11-10-12-25(20-24)39-8/h10-20,29,36H,9H2,1-8H3/b30-28-. The van der Waals surface area contributed by atoms with Gasteiger partial charge in [0, 0.05) is 22.9 Å². The molecule has 6 nitrogen and oxygen atoms in total. The molecule has 1 fully saturated rings. The van der Waals surface area contributed by atoms with Crippen molar-refractivity contribution in [2.75, 3.05) is 18.6 Å². The summed E-state index contributed by atoms with van der Waals surface area (Å²) in [5.74, 6) is -0.388. The summed E-state index contributed by atoms with van der Waals surface area (Å²) in [6.07, 6.45) is 0. The lowest BCUT2D eigenvalue weighted by molar-refractivity contribution is -0.132. The highest BCUT2D eigenvalue weighted by Gasteiger charge is 2.47. The fraction of sp³-hybridized carbons (Fsp3) is 0.353. The number of hydrogen-bond donors (Lipinski definition) is 1. The number of Topliss-reactive ketones (excluding diaryl/α,β-unsaturated/α-hetero) is 1. The second-order valence-electron chi connectivity index (χ2n) is 12.1. The second kappa shape index (κ2) is 10.8. The van der Waals surface area contributed by atoms with Crippen molar-refractivity contribution in [2.45, 2.75) is 65.3 Å². The van der Waals surface area contributed by atoms with Crippen LogP contribution in [0.25, 0.3) is 5.76 Å². The highest BCUT2D eigenvalue weighted by Crippen LogP contribution is 2.44. The van der Waals surface area contributed by atoms with Gasteiger partial charge in [-0.05, 0) is 59.2 Å². The lowest BCUT2D eigenvalue weighted by atomic mass is 9.84. The third-order valence-corrected chi connectivity index (χ3v) is 7.23. The second-order valence-corrected chi connectivity index (χ2v) is 12.1. The molecule has 3 aromatic rings. The number of amides is 1. The lowest BCUT2D eigenvalue weighted by Gasteiger charge is -2.27. The molecular weight excluding hydrogens is 502 g/mol. The van der Waals surface area contributed by atoms with E-state index >= 15 is 0 Å². The lowest BCUT2D eigenvalue weighted by Crippen LogP contribution is -2.29. The topological polar surface area (TPSA) is 76.1 Å². The Hall–Kier alpha value is -4.06. The summed E-state index contributed by atoms with van der Waals surface area (Å²) in [6.45, 7) is 15.0. The first-order valence-electron chi connectivity index (χ1n) is 13.6. The molecule has 1 heterocycles. The Bertz CT molecular complexity index is 1450. The van der Waals surface area contributed by atoms with Crippen molar-refractivity contribution in [1.29, 1.82) is 0 Å². The molecule has 1 N–H and O–H groups in total. The third-order valence-electron chi connectivity index (χ3n) is 7.23. The molecule has 0 aromatic heterocycles. The van der Waals surface area contributed by atoms with Gasteiger partial charge in [0.15, 0.2) is 0 Å². The van der Waals surface area contributed by atoms with Gasteiger partial charge in [-0.1, -0.05) is 71.9 Å². The number of aliphatic hydroxyl groups is 1. The normalized spacial score (nSPS) is 17.3. The van der Waals surface area contributed by atoms with Crippen molar-refractivity contribution in [2.24, 2.45) is 0 Å². The van der Waals surface area contributed by atoms with Gasteiger partial charge in [-0.3, -0.25) is 14.5 Å². The average Bonchev–Trinajstić information content (AvgIpc) is 3.17. The zero-order chi connectivity index (χ0) is 29.4. The summed E-state index contributed by atoms with van der Waals surface area (Å²) in [5, 5.41) is 11.7. The van der Waals surface area contributed by atoms with Crippen LogP contribution in [0.5, 0.6) is 11.5 Å². The molecule has 6 heteroatoms. The van der Waals surface area contributed by atoms with Crippen LogP contribution in [0.3, 0.4) is 0 Å². The van der Waals surface area contributed by atoms with E-state index in [1.807, 2.05) is 43.3 Å². The van der Waals surface area contributed by atoms with Crippen LogP contribution in [0.2, 0.25) is 0 Å². The van der Waals surface area contributed by atoms with Gasteiger partial charge in [0.1, 0.15) is 17.3 Å². The van der Waals surface area contributed by atoms with E-state index in [2.05, 4.69) is 41.5 Å². The number of ketones is 1. The molecule has 1 unspecified atom stereocenters. The summed E-state index contributed by atoms with van der Waals surface area (Å²) >= 11 is 0. The minimum Gasteiger partial charge on any atom is -0.507 e. The van der Waals surface area contributed by atoms with Crippen LogP contribution in [-0.2, 0) is 20.4 Å². The van der Waals surface area contributed by atoms with Crippen molar-refractivity contribution in [3.8, 4) is 11.5 Å². The maximum Gasteiger partial charge on any atom is 0.300 e. The van der Waals surface area contributed by atoms with Gasteiger partial charge in [0.25, 0.3) is 11.7 Å². The molecule has 0 bridgehead atoms. The van der Waals surface area contributed by atoms with Crippen LogP contribution in [0.1, 0.15) is 76.8 Å². The predicted octanol–water partition coefficient (Wildman–Crippen LogP) is 7.32. The number of rotatable bonds is 6. The Morgan fingerprint density at radius 2 is 1.57 bits per heavy atom. The number of nitrogens with zero attached hydrogens (tertiary/aromatic N) is 1. The molecule has 1 aliphatic rings. The zero-order valence-electron chi connectivity index (χ0n) is 24.7. The van der Waals surface area contributed by atoms with E-state index in [4.69, 9.17) is 9.47 Å². The van der Waals surface area contributed by atoms with Crippen LogP contribution < -0.4 is 14.4 Å². The third kappa shape index (κ3) is 5.48. The van der Waals surface area contributed by atoms with Crippen LogP contribution >= 0.6 is 0 Å². The minimum atomic E-state index is -0.828. The van der Waals surface area contributed by atoms with Crippen LogP contribution in [-0.4, -0.2) is 30.5 Å². The van der Waals surface area contributed by atoms with Crippen molar-refractivity contribution in [3.05, 3.63) is 94.6 Å².